The summed E-state index contributed by atoms with van der Waals surface area (Å²) in [5.41, 5.74) is 10.7. The van der Waals surface area contributed by atoms with E-state index >= 15 is 0 Å². The zero-order chi connectivity index (χ0) is 10.6. The highest BCUT2D eigenvalue weighted by Crippen LogP contribution is 2.21. The molecule has 0 spiro atoms. The smallest absolute Gasteiger partial charge is 0.186 e. The first kappa shape index (κ1) is 11.3. The minimum absolute atomic E-state index is 0.227. The van der Waals surface area contributed by atoms with E-state index < -0.39 is 0 Å². The molecule has 0 aromatic carbocycles. The lowest BCUT2D eigenvalue weighted by Crippen LogP contribution is -2.38. The van der Waals surface area contributed by atoms with Crippen molar-refractivity contribution in [1.82, 2.24) is 5.32 Å². The molecule has 0 bridgehead atoms. The van der Waals surface area contributed by atoms with Crippen LogP contribution in [0.25, 0.3) is 0 Å². The number of nitrogens with two attached hydrogens (primary N) is 2. The van der Waals surface area contributed by atoms with Crippen molar-refractivity contribution in [2.24, 2.45) is 16.5 Å². The fourth-order valence-electron chi connectivity index (χ4n) is 2.05. The van der Waals surface area contributed by atoms with E-state index in [9.17, 15) is 0 Å². The lowest BCUT2D eigenvalue weighted by atomic mass is 9.91. The second kappa shape index (κ2) is 5.20. The zero-order valence-electron chi connectivity index (χ0n) is 9.16. The highest BCUT2D eigenvalue weighted by atomic mass is 15.0. The Morgan fingerprint density at radius 3 is 2.21 bits per heavy atom. The fraction of sp³-hybridized carbons (Fsp3) is 0.900. The number of aliphatic imine (C=N–C) groups is 1. The summed E-state index contributed by atoms with van der Waals surface area (Å²) in [5.74, 6) is 0.227. The van der Waals surface area contributed by atoms with Gasteiger partial charge in [-0.15, -0.1) is 0 Å². The quantitative estimate of drug-likeness (QED) is 0.458. The Balaban J connectivity index is 2.28. The minimum atomic E-state index is 0.227. The van der Waals surface area contributed by atoms with Gasteiger partial charge in [-0.05, 0) is 25.7 Å². The molecule has 0 aromatic heterocycles. The Kier molecular flexibility index (Phi) is 4.20. The maximum absolute atomic E-state index is 5.35. The Morgan fingerprint density at radius 1 is 1.21 bits per heavy atom. The standard InChI is InChI=1S/C10H22N4/c1-7(2)13-8-3-5-9(6-4-8)14-10(11)12/h7-9,13H,3-6H2,1-2H3,(H4,11,12,14). The van der Waals surface area contributed by atoms with Gasteiger partial charge in [0.2, 0.25) is 0 Å². The van der Waals surface area contributed by atoms with Gasteiger partial charge in [-0.1, -0.05) is 13.8 Å². The van der Waals surface area contributed by atoms with Crippen LogP contribution in [0, 0.1) is 0 Å². The maximum Gasteiger partial charge on any atom is 0.186 e. The number of hydrogen-bond donors (Lipinski definition) is 3. The third kappa shape index (κ3) is 3.96. The second-order valence-electron chi connectivity index (χ2n) is 4.38. The molecule has 0 heterocycles. The first-order chi connectivity index (χ1) is 6.58. The summed E-state index contributed by atoms with van der Waals surface area (Å²) in [6, 6.07) is 1.57. The zero-order valence-corrected chi connectivity index (χ0v) is 9.16. The van der Waals surface area contributed by atoms with E-state index in [0.29, 0.717) is 18.1 Å². The monoisotopic (exact) mass is 198 g/mol. The van der Waals surface area contributed by atoms with Gasteiger partial charge in [0.1, 0.15) is 0 Å². The van der Waals surface area contributed by atoms with E-state index in [1.165, 1.54) is 12.8 Å². The van der Waals surface area contributed by atoms with E-state index in [4.69, 9.17) is 11.5 Å². The lowest BCUT2D eigenvalue weighted by molar-refractivity contribution is 0.327. The van der Waals surface area contributed by atoms with Crippen molar-refractivity contribution in [1.29, 1.82) is 0 Å². The lowest BCUT2D eigenvalue weighted by Gasteiger charge is -2.28. The SMILES string of the molecule is CC(C)NC1CCC(N=C(N)N)CC1. The van der Waals surface area contributed by atoms with E-state index in [0.717, 1.165) is 12.8 Å². The Hall–Kier alpha value is -0.770. The molecular weight excluding hydrogens is 176 g/mol. The van der Waals surface area contributed by atoms with E-state index in [1.54, 1.807) is 0 Å². The molecule has 4 heteroatoms. The molecule has 0 atom stereocenters. The summed E-state index contributed by atoms with van der Waals surface area (Å²) in [6.45, 7) is 4.37. The van der Waals surface area contributed by atoms with Crippen LogP contribution in [-0.4, -0.2) is 24.1 Å². The van der Waals surface area contributed by atoms with Crippen LogP contribution in [0.1, 0.15) is 39.5 Å². The van der Waals surface area contributed by atoms with Gasteiger partial charge in [-0.3, -0.25) is 4.99 Å². The van der Waals surface area contributed by atoms with Crippen molar-refractivity contribution in [3.63, 3.8) is 0 Å². The molecular formula is C10H22N4. The van der Waals surface area contributed by atoms with Crippen molar-refractivity contribution in [2.75, 3.05) is 0 Å². The molecule has 1 fully saturated rings. The largest absolute Gasteiger partial charge is 0.370 e. The minimum Gasteiger partial charge on any atom is -0.370 e. The normalized spacial score (nSPS) is 27.6. The van der Waals surface area contributed by atoms with Crippen molar-refractivity contribution in [3.05, 3.63) is 0 Å². The average Bonchev–Trinajstić information content (AvgIpc) is 2.06. The molecule has 14 heavy (non-hydrogen) atoms. The van der Waals surface area contributed by atoms with E-state index in [2.05, 4.69) is 24.2 Å². The molecule has 0 aliphatic heterocycles. The third-order valence-corrected chi connectivity index (χ3v) is 2.60. The molecule has 1 aliphatic rings. The fourth-order valence-corrected chi connectivity index (χ4v) is 2.05. The van der Waals surface area contributed by atoms with E-state index in [-0.39, 0.29) is 5.96 Å². The predicted octanol–water partition coefficient (Wildman–Crippen LogP) is 0.569. The molecule has 0 radical (unpaired) electrons. The third-order valence-electron chi connectivity index (χ3n) is 2.60. The van der Waals surface area contributed by atoms with Gasteiger partial charge in [-0.2, -0.15) is 0 Å². The van der Waals surface area contributed by atoms with Crippen molar-refractivity contribution < 1.29 is 0 Å². The Bertz CT molecular complexity index is 188. The molecule has 1 aliphatic carbocycles. The topological polar surface area (TPSA) is 76.4 Å². The summed E-state index contributed by atoms with van der Waals surface area (Å²) < 4.78 is 0. The molecule has 82 valence electrons. The molecule has 0 amide bonds. The van der Waals surface area contributed by atoms with Gasteiger partial charge >= 0.3 is 0 Å². The Morgan fingerprint density at radius 2 is 1.79 bits per heavy atom. The average molecular weight is 198 g/mol. The Labute approximate surface area is 86.1 Å². The summed E-state index contributed by atoms with van der Waals surface area (Å²) in [4.78, 5) is 4.19. The van der Waals surface area contributed by atoms with Gasteiger partial charge < -0.3 is 16.8 Å². The van der Waals surface area contributed by atoms with Crippen molar-refractivity contribution in [3.8, 4) is 0 Å². The van der Waals surface area contributed by atoms with Crippen LogP contribution < -0.4 is 16.8 Å². The predicted molar refractivity (Wildman–Crippen MR) is 60.1 cm³/mol. The summed E-state index contributed by atoms with van der Waals surface area (Å²) in [7, 11) is 0. The van der Waals surface area contributed by atoms with Gasteiger partial charge in [0.05, 0.1) is 6.04 Å². The van der Waals surface area contributed by atoms with E-state index in [1.807, 2.05) is 0 Å². The van der Waals surface area contributed by atoms with Crippen molar-refractivity contribution >= 4 is 5.96 Å². The second-order valence-corrected chi connectivity index (χ2v) is 4.38. The molecule has 0 aromatic rings. The summed E-state index contributed by atoms with van der Waals surface area (Å²) in [5, 5.41) is 3.54. The van der Waals surface area contributed by atoms with Gasteiger partial charge in [0.15, 0.2) is 5.96 Å². The first-order valence-corrected chi connectivity index (χ1v) is 5.42. The van der Waals surface area contributed by atoms with Gasteiger partial charge in [0, 0.05) is 12.1 Å². The van der Waals surface area contributed by atoms with Crippen molar-refractivity contribution in [2.45, 2.75) is 57.7 Å². The van der Waals surface area contributed by atoms with Crippen LogP contribution in [0.4, 0.5) is 0 Å². The highest BCUT2D eigenvalue weighted by Gasteiger charge is 2.20. The molecule has 1 saturated carbocycles. The van der Waals surface area contributed by atoms with Crippen LogP contribution in [0.15, 0.2) is 4.99 Å². The molecule has 0 unspecified atom stereocenters. The number of hydrogen-bond acceptors (Lipinski definition) is 2. The van der Waals surface area contributed by atoms with Crippen LogP contribution >= 0.6 is 0 Å². The molecule has 1 rings (SSSR count). The van der Waals surface area contributed by atoms with Crippen LogP contribution in [0.5, 0.6) is 0 Å². The number of guanidine groups is 1. The van der Waals surface area contributed by atoms with Crippen LogP contribution in [0.3, 0.4) is 0 Å². The number of nitrogens with one attached hydrogen (secondary N) is 1. The van der Waals surface area contributed by atoms with Gasteiger partial charge in [-0.25, -0.2) is 0 Å². The molecule has 5 N–H and O–H groups in total. The van der Waals surface area contributed by atoms with Crippen LogP contribution in [-0.2, 0) is 0 Å². The molecule has 0 saturated heterocycles. The first-order valence-electron chi connectivity index (χ1n) is 5.42. The van der Waals surface area contributed by atoms with Gasteiger partial charge in [0.25, 0.3) is 0 Å². The van der Waals surface area contributed by atoms with Crippen LogP contribution in [0.2, 0.25) is 0 Å². The summed E-state index contributed by atoms with van der Waals surface area (Å²) >= 11 is 0. The molecule has 4 nitrogen and oxygen atoms in total. The maximum atomic E-state index is 5.35. The summed E-state index contributed by atoms with van der Waals surface area (Å²) in [6.07, 6.45) is 4.56. The number of nitrogens with zero attached hydrogens (tertiary/aromatic N) is 1. The highest BCUT2D eigenvalue weighted by molar-refractivity contribution is 5.75. The number of rotatable bonds is 3.